The van der Waals surface area contributed by atoms with Crippen molar-refractivity contribution in [3.05, 3.63) is 48.6 Å². The van der Waals surface area contributed by atoms with E-state index >= 15 is 0 Å². The van der Waals surface area contributed by atoms with Crippen molar-refractivity contribution >= 4 is 26.9 Å². The number of hydrogen-bond donors (Lipinski definition) is 0. The van der Waals surface area contributed by atoms with E-state index in [0.29, 0.717) is 10.8 Å². The zero-order valence-corrected chi connectivity index (χ0v) is 17.4. The van der Waals surface area contributed by atoms with Crippen LogP contribution in [0.1, 0.15) is 6.92 Å². The van der Waals surface area contributed by atoms with Gasteiger partial charge in [-0.2, -0.15) is 0 Å². The summed E-state index contributed by atoms with van der Waals surface area (Å²) in [5.74, 6) is -0.631. The van der Waals surface area contributed by atoms with E-state index in [9.17, 15) is 17.8 Å². The van der Waals surface area contributed by atoms with Crippen LogP contribution in [-0.2, 0) is 19.6 Å². The Morgan fingerprint density at radius 2 is 1.83 bits per heavy atom. The normalized spacial score (nSPS) is 10.8. The third kappa shape index (κ3) is 5.38. The summed E-state index contributed by atoms with van der Waals surface area (Å²) in [6, 6.07) is 9.67. The van der Waals surface area contributed by atoms with Gasteiger partial charge >= 0.3 is 57.4 Å². The Morgan fingerprint density at radius 1 is 1.17 bits per heavy atom. The summed E-state index contributed by atoms with van der Waals surface area (Å²) in [4.78, 5) is 10.8. The molecule has 2 aromatic rings. The van der Waals surface area contributed by atoms with Gasteiger partial charge < -0.3 is 14.0 Å². The molecular weight excluding hydrogens is 359 g/mol. The summed E-state index contributed by atoms with van der Waals surface area (Å²) in [5.41, 5.74) is 0.249. The molecule has 0 aliphatic rings. The zero-order chi connectivity index (χ0) is 17.0. The van der Waals surface area contributed by atoms with Crippen molar-refractivity contribution in [1.82, 2.24) is 0 Å². The van der Waals surface area contributed by atoms with Gasteiger partial charge in [0, 0.05) is 11.0 Å². The number of esters is 1. The molecule has 0 saturated heterocycles. The van der Waals surface area contributed by atoms with E-state index in [1.165, 1.54) is 19.1 Å². The van der Waals surface area contributed by atoms with Crippen LogP contribution in [-0.4, -0.2) is 32.2 Å². The number of fused-ring (bicyclic) bond motifs is 1. The molecule has 0 saturated carbocycles. The smallest absolute Gasteiger partial charge is 0.744 e. The van der Waals surface area contributed by atoms with Crippen molar-refractivity contribution < 1.29 is 78.6 Å². The van der Waals surface area contributed by atoms with E-state index in [0.717, 1.165) is 0 Å². The molecule has 2 rings (SSSR count). The Hall–Kier alpha value is -0.744. The number of benzene rings is 2. The molecule has 0 heterocycles. The molecule has 0 atom stereocenters. The Kier molecular flexibility index (Phi) is 8.07. The second-order valence-electron chi connectivity index (χ2n) is 4.83. The number of carbonyl (C=O) groups excluding carboxylic acids is 1. The maximum atomic E-state index is 11.6. The van der Waals surface area contributed by atoms with E-state index < -0.39 is 21.0 Å². The Morgan fingerprint density at radius 3 is 2.46 bits per heavy atom. The molecule has 122 valence electrons. The minimum absolute atomic E-state index is 0. The minimum atomic E-state index is -4.72. The Labute approximate surface area is 183 Å². The first-order valence-corrected chi connectivity index (χ1v) is 8.14. The van der Waals surface area contributed by atoms with Gasteiger partial charge in [0.2, 0.25) is 0 Å². The van der Waals surface area contributed by atoms with Crippen molar-refractivity contribution in [2.24, 2.45) is 0 Å². The Balaban J connectivity index is 0.00000288. The molecule has 0 bridgehead atoms. The first-order valence-electron chi connectivity index (χ1n) is 6.74. The molecular formula is C16H15KO6S. The quantitative estimate of drug-likeness (QED) is 0.217. The minimum Gasteiger partial charge on any atom is -0.744 e. The molecule has 24 heavy (non-hydrogen) atoms. The first-order chi connectivity index (χ1) is 10.8. The van der Waals surface area contributed by atoms with E-state index in [-0.39, 0.29) is 75.9 Å². The molecule has 0 radical (unpaired) electrons. The predicted molar refractivity (Wildman–Crippen MR) is 83.2 cm³/mol. The zero-order valence-electron chi connectivity index (χ0n) is 13.4. The van der Waals surface area contributed by atoms with E-state index in [1.807, 2.05) is 0 Å². The van der Waals surface area contributed by atoms with Gasteiger partial charge in [0.1, 0.15) is 34.0 Å². The topological polar surface area (TPSA) is 92.7 Å². The van der Waals surface area contributed by atoms with Crippen LogP contribution in [0.4, 0.5) is 0 Å². The third-order valence-electron chi connectivity index (χ3n) is 3.02. The van der Waals surface area contributed by atoms with E-state index in [4.69, 9.17) is 9.47 Å². The summed E-state index contributed by atoms with van der Waals surface area (Å²) in [6.07, 6.45) is 0. The maximum Gasteiger partial charge on any atom is 1.00 e. The van der Waals surface area contributed by atoms with Crippen molar-refractivity contribution in [3.8, 4) is 5.75 Å². The summed E-state index contributed by atoms with van der Waals surface area (Å²) >= 11 is 0. The van der Waals surface area contributed by atoms with Crippen molar-refractivity contribution in [2.75, 3.05) is 13.2 Å². The molecule has 0 unspecified atom stereocenters. The van der Waals surface area contributed by atoms with Gasteiger partial charge in [-0.1, -0.05) is 36.9 Å². The van der Waals surface area contributed by atoms with Gasteiger partial charge in [-0.25, -0.2) is 13.2 Å². The number of ether oxygens (including phenoxy) is 2. The van der Waals surface area contributed by atoms with Crippen LogP contribution in [0.3, 0.4) is 0 Å². The van der Waals surface area contributed by atoms with Crippen molar-refractivity contribution in [2.45, 2.75) is 11.8 Å². The summed E-state index contributed by atoms with van der Waals surface area (Å²) in [5, 5.41) is 0.905. The summed E-state index contributed by atoms with van der Waals surface area (Å²) < 4.78 is 44.9. The van der Waals surface area contributed by atoms with Gasteiger partial charge in [-0.15, -0.1) is 0 Å². The number of rotatable bonds is 6. The summed E-state index contributed by atoms with van der Waals surface area (Å²) in [6.45, 7) is 4.78. The molecule has 0 aromatic heterocycles. The van der Waals surface area contributed by atoms with Crippen LogP contribution >= 0.6 is 0 Å². The standard InChI is InChI=1S/C16H16O6S.K/c1-11(2)16(17)22-10-9-21-14-8-7-12-5-3-4-6-13(12)15(14)23(18,19)20;/h3-8H,1,9-10H2,2H3,(H,18,19,20);/q;+1/p-1. The number of carbonyl (C=O) groups is 1. The van der Waals surface area contributed by atoms with Crippen LogP contribution < -0.4 is 56.1 Å². The molecule has 0 N–H and O–H groups in total. The molecule has 2 aromatic carbocycles. The first kappa shape index (κ1) is 21.3. The van der Waals surface area contributed by atoms with E-state index in [1.54, 1.807) is 24.3 Å². The predicted octanol–water partition coefficient (Wildman–Crippen LogP) is -0.754. The molecule has 0 amide bonds. The van der Waals surface area contributed by atoms with Gasteiger partial charge in [0.15, 0.2) is 0 Å². The van der Waals surface area contributed by atoms with E-state index in [2.05, 4.69) is 6.58 Å². The second kappa shape index (κ2) is 9.09. The molecule has 0 aliphatic heterocycles. The second-order valence-corrected chi connectivity index (χ2v) is 6.15. The van der Waals surface area contributed by atoms with Crippen LogP contribution in [0.25, 0.3) is 10.8 Å². The van der Waals surface area contributed by atoms with Crippen LogP contribution in [0.2, 0.25) is 0 Å². The van der Waals surface area contributed by atoms with Gasteiger partial charge in [-0.05, 0) is 18.4 Å². The van der Waals surface area contributed by atoms with Crippen LogP contribution in [0, 0.1) is 0 Å². The molecule has 0 fully saturated rings. The van der Waals surface area contributed by atoms with Crippen LogP contribution in [0.5, 0.6) is 5.75 Å². The van der Waals surface area contributed by atoms with Crippen molar-refractivity contribution in [1.29, 1.82) is 0 Å². The Bertz CT molecular complexity index is 860. The fourth-order valence-corrected chi connectivity index (χ4v) is 2.83. The van der Waals surface area contributed by atoms with Crippen LogP contribution in [0.15, 0.2) is 53.4 Å². The molecule has 0 aliphatic carbocycles. The SMILES string of the molecule is C=C(C)C(=O)OCCOc1ccc2ccccc2c1S(=O)(=O)[O-].[K+]. The van der Waals surface area contributed by atoms with Gasteiger partial charge in [-0.3, -0.25) is 0 Å². The largest absolute Gasteiger partial charge is 1.00 e. The molecule has 8 heteroatoms. The van der Waals surface area contributed by atoms with Gasteiger partial charge in [0.25, 0.3) is 0 Å². The molecule has 0 spiro atoms. The fourth-order valence-electron chi connectivity index (χ4n) is 2.00. The average Bonchev–Trinajstić information content (AvgIpc) is 2.49. The third-order valence-corrected chi connectivity index (χ3v) is 3.94. The maximum absolute atomic E-state index is 11.6. The molecule has 6 nitrogen and oxygen atoms in total. The number of hydrogen-bond acceptors (Lipinski definition) is 6. The fraction of sp³-hybridized carbons (Fsp3) is 0.188. The van der Waals surface area contributed by atoms with Gasteiger partial charge in [0.05, 0.1) is 0 Å². The van der Waals surface area contributed by atoms with Crippen molar-refractivity contribution in [3.63, 3.8) is 0 Å². The summed E-state index contributed by atoms with van der Waals surface area (Å²) in [7, 11) is -4.72. The average molecular weight is 374 g/mol. The monoisotopic (exact) mass is 374 g/mol.